The number of likely N-dealkylation sites (tertiary alicyclic amines) is 1. The Hall–Kier alpha value is -1.79. The molecule has 1 saturated heterocycles. The fourth-order valence-corrected chi connectivity index (χ4v) is 2.91. The molecule has 0 unspecified atom stereocenters. The van der Waals surface area contributed by atoms with Crippen molar-refractivity contribution in [1.29, 1.82) is 0 Å². The third kappa shape index (κ3) is 3.69. The molecule has 4 nitrogen and oxygen atoms in total. The lowest BCUT2D eigenvalue weighted by Gasteiger charge is -2.38. The van der Waals surface area contributed by atoms with E-state index in [0.717, 1.165) is 16.3 Å². The van der Waals surface area contributed by atoms with Crippen LogP contribution in [0.15, 0.2) is 29.6 Å². The number of amides is 1. The number of hydrogen-bond acceptors (Lipinski definition) is 4. The van der Waals surface area contributed by atoms with E-state index >= 15 is 0 Å². The van der Waals surface area contributed by atoms with Gasteiger partial charge in [-0.15, -0.1) is 11.3 Å². The van der Waals surface area contributed by atoms with Crippen molar-refractivity contribution in [2.75, 3.05) is 13.1 Å². The first kappa shape index (κ1) is 15.1. The van der Waals surface area contributed by atoms with Crippen LogP contribution in [-0.4, -0.2) is 35.0 Å². The molecule has 0 spiro atoms. The molecule has 1 fully saturated rings. The van der Waals surface area contributed by atoms with E-state index < -0.39 is 0 Å². The SMILES string of the molecule is Cc1nc(CC(=O)N2CC(OCc3ccc(F)cc3)C2)cs1. The molecule has 0 radical (unpaired) electrons. The third-order valence-electron chi connectivity index (χ3n) is 3.60. The highest BCUT2D eigenvalue weighted by Crippen LogP contribution is 2.17. The summed E-state index contributed by atoms with van der Waals surface area (Å²) < 4.78 is 18.5. The van der Waals surface area contributed by atoms with Crippen molar-refractivity contribution in [2.45, 2.75) is 26.1 Å². The van der Waals surface area contributed by atoms with E-state index in [9.17, 15) is 9.18 Å². The lowest BCUT2D eigenvalue weighted by molar-refractivity contribution is -0.145. The van der Waals surface area contributed by atoms with Crippen LogP contribution >= 0.6 is 11.3 Å². The molecular weight excluding hydrogens is 303 g/mol. The Bertz CT molecular complexity index is 650. The van der Waals surface area contributed by atoms with Crippen LogP contribution in [0.25, 0.3) is 0 Å². The molecule has 2 heterocycles. The summed E-state index contributed by atoms with van der Waals surface area (Å²) in [5, 5.41) is 2.90. The molecule has 116 valence electrons. The first-order valence-electron chi connectivity index (χ1n) is 7.15. The highest BCUT2D eigenvalue weighted by atomic mass is 32.1. The summed E-state index contributed by atoms with van der Waals surface area (Å²) in [4.78, 5) is 18.1. The van der Waals surface area contributed by atoms with Gasteiger partial charge in [0.15, 0.2) is 0 Å². The van der Waals surface area contributed by atoms with Gasteiger partial charge in [0.2, 0.25) is 5.91 Å². The number of hydrogen-bond donors (Lipinski definition) is 0. The molecule has 6 heteroatoms. The van der Waals surface area contributed by atoms with Gasteiger partial charge < -0.3 is 9.64 Å². The van der Waals surface area contributed by atoms with E-state index in [4.69, 9.17) is 4.74 Å². The zero-order valence-corrected chi connectivity index (χ0v) is 13.1. The number of carbonyl (C=O) groups excluding carboxylic acids is 1. The maximum atomic E-state index is 12.8. The van der Waals surface area contributed by atoms with Crippen molar-refractivity contribution in [3.8, 4) is 0 Å². The molecule has 3 rings (SSSR count). The Kier molecular flexibility index (Phi) is 4.49. The molecule has 0 bridgehead atoms. The molecule has 0 saturated carbocycles. The minimum Gasteiger partial charge on any atom is -0.370 e. The van der Waals surface area contributed by atoms with Gasteiger partial charge in [-0.1, -0.05) is 12.1 Å². The Morgan fingerprint density at radius 1 is 1.41 bits per heavy atom. The summed E-state index contributed by atoms with van der Waals surface area (Å²) in [5.41, 5.74) is 1.77. The normalized spacial score (nSPS) is 14.9. The molecule has 1 aliphatic heterocycles. The minimum absolute atomic E-state index is 0.0613. The van der Waals surface area contributed by atoms with Crippen LogP contribution in [0.4, 0.5) is 4.39 Å². The summed E-state index contributed by atoms with van der Waals surface area (Å²) in [6.45, 7) is 3.60. The zero-order valence-electron chi connectivity index (χ0n) is 12.3. The molecule has 0 atom stereocenters. The molecule has 2 aromatic rings. The lowest BCUT2D eigenvalue weighted by Crippen LogP contribution is -2.55. The van der Waals surface area contributed by atoms with Gasteiger partial charge in [-0.25, -0.2) is 9.37 Å². The van der Waals surface area contributed by atoms with Crippen LogP contribution in [0, 0.1) is 12.7 Å². The number of aromatic nitrogens is 1. The number of benzene rings is 1. The average molecular weight is 320 g/mol. The van der Waals surface area contributed by atoms with Crippen molar-refractivity contribution in [3.63, 3.8) is 0 Å². The Labute approximate surface area is 132 Å². The number of nitrogens with zero attached hydrogens (tertiary/aromatic N) is 2. The van der Waals surface area contributed by atoms with Gasteiger partial charge in [-0.2, -0.15) is 0 Å². The molecule has 1 aliphatic rings. The number of aryl methyl sites for hydroxylation is 1. The molecule has 22 heavy (non-hydrogen) atoms. The average Bonchev–Trinajstić information content (AvgIpc) is 2.84. The number of rotatable bonds is 5. The predicted molar refractivity (Wildman–Crippen MR) is 82.1 cm³/mol. The number of carbonyl (C=O) groups is 1. The third-order valence-corrected chi connectivity index (χ3v) is 4.42. The van der Waals surface area contributed by atoms with Crippen LogP contribution < -0.4 is 0 Å². The van der Waals surface area contributed by atoms with Crippen LogP contribution in [-0.2, 0) is 22.6 Å². The predicted octanol–water partition coefficient (Wildman–Crippen LogP) is 2.56. The molecule has 0 N–H and O–H groups in total. The van der Waals surface area contributed by atoms with Gasteiger partial charge in [0.05, 0.1) is 29.8 Å². The van der Waals surface area contributed by atoms with E-state index in [1.54, 1.807) is 28.4 Å². The molecule has 1 amide bonds. The summed E-state index contributed by atoms with van der Waals surface area (Å²) in [5.74, 6) is -0.159. The Balaban J connectivity index is 1.40. The molecular formula is C16H17FN2O2S. The van der Waals surface area contributed by atoms with Crippen molar-refractivity contribution in [1.82, 2.24) is 9.88 Å². The fraction of sp³-hybridized carbons (Fsp3) is 0.375. The maximum absolute atomic E-state index is 12.8. The second-order valence-electron chi connectivity index (χ2n) is 5.39. The monoisotopic (exact) mass is 320 g/mol. The van der Waals surface area contributed by atoms with Gasteiger partial charge in [0.1, 0.15) is 5.82 Å². The van der Waals surface area contributed by atoms with Gasteiger partial charge in [0, 0.05) is 18.5 Å². The fourth-order valence-electron chi connectivity index (χ4n) is 2.30. The van der Waals surface area contributed by atoms with Gasteiger partial charge in [-0.3, -0.25) is 4.79 Å². The number of halogens is 1. The Morgan fingerprint density at radius 2 is 2.14 bits per heavy atom. The Morgan fingerprint density at radius 3 is 2.77 bits per heavy atom. The summed E-state index contributed by atoms with van der Waals surface area (Å²) in [6, 6.07) is 6.26. The highest BCUT2D eigenvalue weighted by Gasteiger charge is 2.31. The summed E-state index contributed by atoms with van der Waals surface area (Å²) in [7, 11) is 0. The molecule has 1 aromatic heterocycles. The van der Waals surface area contributed by atoms with Crippen LogP contribution in [0.3, 0.4) is 0 Å². The van der Waals surface area contributed by atoms with E-state index in [2.05, 4.69) is 4.98 Å². The first-order chi connectivity index (χ1) is 10.6. The first-order valence-corrected chi connectivity index (χ1v) is 8.03. The summed E-state index contributed by atoms with van der Waals surface area (Å²) >= 11 is 1.56. The van der Waals surface area contributed by atoms with E-state index in [1.165, 1.54) is 12.1 Å². The zero-order chi connectivity index (χ0) is 15.5. The minimum atomic E-state index is -0.249. The topological polar surface area (TPSA) is 42.4 Å². The lowest BCUT2D eigenvalue weighted by atomic mass is 10.1. The van der Waals surface area contributed by atoms with Crippen molar-refractivity contribution in [2.24, 2.45) is 0 Å². The quantitative estimate of drug-likeness (QED) is 0.850. The standard InChI is InChI=1S/C16H17FN2O2S/c1-11-18-14(10-22-11)6-16(20)19-7-15(8-19)21-9-12-2-4-13(17)5-3-12/h2-5,10,15H,6-9H2,1H3. The van der Waals surface area contributed by atoms with Crippen molar-refractivity contribution >= 4 is 17.2 Å². The maximum Gasteiger partial charge on any atom is 0.228 e. The number of thiazole rings is 1. The van der Waals surface area contributed by atoms with E-state index in [1.807, 2.05) is 12.3 Å². The summed E-state index contributed by atoms with van der Waals surface area (Å²) in [6.07, 6.45) is 0.417. The van der Waals surface area contributed by atoms with Crippen molar-refractivity contribution < 1.29 is 13.9 Å². The van der Waals surface area contributed by atoms with Crippen molar-refractivity contribution in [3.05, 3.63) is 51.7 Å². The molecule has 1 aromatic carbocycles. The van der Waals surface area contributed by atoms with Crippen LogP contribution in [0.2, 0.25) is 0 Å². The highest BCUT2D eigenvalue weighted by molar-refractivity contribution is 7.09. The smallest absolute Gasteiger partial charge is 0.228 e. The van der Waals surface area contributed by atoms with Crippen LogP contribution in [0.5, 0.6) is 0 Å². The van der Waals surface area contributed by atoms with E-state index in [0.29, 0.717) is 26.1 Å². The largest absolute Gasteiger partial charge is 0.370 e. The van der Waals surface area contributed by atoms with Gasteiger partial charge >= 0.3 is 0 Å². The van der Waals surface area contributed by atoms with Gasteiger partial charge in [0.25, 0.3) is 0 Å². The molecule has 0 aliphatic carbocycles. The second-order valence-corrected chi connectivity index (χ2v) is 6.46. The van der Waals surface area contributed by atoms with Crippen LogP contribution in [0.1, 0.15) is 16.3 Å². The van der Waals surface area contributed by atoms with Gasteiger partial charge in [-0.05, 0) is 24.6 Å². The second kappa shape index (κ2) is 6.54. The number of ether oxygens (including phenoxy) is 1. The van der Waals surface area contributed by atoms with E-state index in [-0.39, 0.29) is 17.8 Å².